The van der Waals surface area contributed by atoms with E-state index in [1.807, 2.05) is 24.6 Å². The van der Waals surface area contributed by atoms with E-state index in [4.69, 9.17) is 0 Å². The van der Waals surface area contributed by atoms with E-state index < -0.39 is 0 Å². The van der Waals surface area contributed by atoms with Crippen LogP contribution in [-0.4, -0.2) is 0 Å². The zero-order valence-corrected chi connectivity index (χ0v) is 9.12. The molecule has 0 bridgehead atoms. The standard InChI is InChI=1S/C7H7.ClH.Zn/c1-7-5-3-2-4-6-7;;/h3-6H,1H3;1H;/p-1. The normalized spacial score (nSPS) is 13.2. The smallest absolute Gasteiger partial charge is 0.0160 e. The van der Waals surface area contributed by atoms with Crippen LogP contribution in [-0.2, 0) is 19.5 Å². The van der Waals surface area contributed by atoms with Crippen LogP contribution in [0.2, 0.25) is 0 Å². The van der Waals surface area contributed by atoms with Gasteiger partial charge in [0.25, 0.3) is 0 Å². The largest absolute Gasteiger partial charge is 1.00 e. The molecular formula is C7H7ClZn-. The molecule has 0 aromatic rings. The zero-order chi connectivity index (χ0) is 5.11. The topological polar surface area (TPSA) is 0 Å². The van der Waals surface area contributed by atoms with Crippen molar-refractivity contribution in [3.63, 3.8) is 0 Å². The zero-order valence-electron chi connectivity index (χ0n) is 5.39. The van der Waals surface area contributed by atoms with E-state index in [9.17, 15) is 0 Å². The van der Waals surface area contributed by atoms with Crippen LogP contribution in [0.3, 0.4) is 0 Å². The van der Waals surface area contributed by atoms with E-state index >= 15 is 0 Å². The summed E-state index contributed by atoms with van der Waals surface area (Å²) in [6.45, 7) is 2.06. The van der Waals surface area contributed by atoms with Gasteiger partial charge >= 0.3 is 0 Å². The Morgan fingerprint density at radius 3 is 2.22 bits per heavy atom. The Morgan fingerprint density at radius 1 is 1.33 bits per heavy atom. The summed E-state index contributed by atoms with van der Waals surface area (Å²) in [5.41, 5.74) is 4.22. The summed E-state index contributed by atoms with van der Waals surface area (Å²) in [6.07, 6.45) is 7.88. The molecule has 1 aliphatic rings. The Kier molecular flexibility index (Phi) is 8.33. The molecule has 1 rings (SSSR count). The fourth-order valence-corrected chi connectivity index (χ4v) is 0.470. The quantitative estimate of drug-likeness (QED) is 0.336. The third-order valence-electron chi connectivity index (χ3n) is 0.885. The molecule has 1 aliphatic carbocycles. The third kappa shape index (κ3) is 4.66. The van der Waals surface area contributed by atoms with Crippen molar-refractivity contribution in [1.29, 1.82) is 0 Å². The summed E-state index contributed by atoms with van der Waals surface area (Å²) in [6, 6.07) is 0. The molecule has 0 unspecified atom stereocenters. The van der Waals surface area contributed by atoms with Gasteiger partial charge in [0.15, 0.2) is 0 Å². The van der Waals surface area contributed by atoms with Crippen LogP contribution >= 0.6 is 0 Å². The minimum atomic E-state index is 0. The Labute approximate surface area is 74.9 Å². The SMILES string of the molecule is CC1=CC=C=C[CH]1.[Cl-].[Zn]. The van der Waals surface area contributed by atoms with Crippen molar-refractivity contribution in [3.8, 4) is 0 Å². The molecule has 0 heterocycles. The monoisotopic (exact) mass is 190 g/mol. The molecule has 0 spiro atoms. The van der Waals surface area contributed by atoms with E-state index in [1.54, 1.807) is 0 Å². The molecule has 9 heavy (non-hydrogen) atoms. The van der Waals surface area contributed by atoms with E-state index in [-0.39, 0.29) is 31.9 Å². The molecule has 0 aromatic heterocycles. The Morgan fingerprint density at radius 2 is 2.00 bits per heavy atom. The van der Waals surface area contributed by atoms with Gasteiger partial charge in [-0.1, -0.05) is 11.6 Å². The second kappa shape index (κ2) is 6.30. The molecule has 1 radical (unpaired) electrons. The average molecular weight is 192 g/mol. The van der Waals surface area contributed by atoms with Gasteiger partial charge in [-0.2, -0.15) is 0 Å². The van der Waals surface area contributed by atoms with Gasteiger partial charge in [0.1, 0.15) is 0 Å². The van der Waals surface area contributed by atoms with Crippen molar-refractivity contribution in [3.05, 3.63) is 36.0 Å². The van der Waals surface area contributed by atoms with Crippen LogP contribution in [0.15, 0.2) is 29.5 Å². The van der Waals surface area contributed by atoms with Crippen molar-refractivity contribution >= 4 is 0 Å². The van der Waals surface area contributed by atoms with E-state index in [2.05, 4.69) is 12.7 Å². The molecule has 0 saturated heterocycles. The van der Waals surface area contributed by atoms with E-state index in [0.29, 0.717) is 0 Å². The van der Waals surface area contributed by atoms with Gasteiger partial charge in [-0.25, -0.2) is 0 Å². The van der Waals surface area contributed by atoms with Crippen LogP contribution < -0.4 is 12.4 Å². The molecule has 0 atom stereocenters. The molecule has 2 heteroatoms. The van der Waals surface area contributed by atoms with Crippen LogP contribution in [0, 0.1) is 6.42 Å². The average Bonchev–Trinajstić information content (AvgIpc) is 1.69. The Bertz CT molecular complexity index is 152. The molecular weight excluding hydrogens is 185 g/mol. The maximum Gasteiger partial charge on any atom is 0.0160 e. The molecule has 0 aliphatic heterocycles. The number of allylic oxidation sites excluding steroid dienone is 3. The molecule has 0 N–H and O–H groups in total. The summed E-state index contributed by atoms with van der Waals surface area (Å²) in [7, 11) is 0. The van der Waals surface area contributed by atoms with E-state index in [0.717, 1.165) is 0 Å². The number of halogens is 1. The van der Waals surface area contributed by atoms with Gasteiger partial charge < -0.3 is 12.4 Å². The Balaban J connectivity index is 0. The summed E-state index contributed by atoms with van der Waals surface area (Å²) >= 11 is 0. The first-order valence-electron chi connectivity index (χ1n) is 2.32. The van der Waals surface area contributed by atoms with Crippen molar-refractivity contribution < 1.29 is 31.9 Å². The number of hydrogen-bond donors (Lipinski definition) is 0. The van der Waals surface area contributed by atoms with Gasteiger partial charge in [0.2, 0.25) is 0 Å². The van der Waals surface area contributed by atoms with E-state index in [1.165, 1.54) is 5.57 Å². The molecule has 45 valence electrons. The van der Waals surface area contributed by atoms with Gasteiger partial charge in [-0.15, -0.1) is 5.73 Å². The summed E-state index contributed by atoms with van der Waals surface area (Å²) in [4.78, 5) is 0. The second-order valence-corrected chi connectivity index (χ2v) is 1.58. The number of hydrogen-bond acceptors (Lipinski definition) is 0. The Hall–Kier alpha value is 0.173. The van der Waals surface area contributed by atoms with Crippen LogP contribution in [0.5, 0.6) is 0 Å². The summed E-state index contributed by atoms with van der Waals surface area (Å²) < 4.78 is 0. The predicted octanol–water partition coefficient (Wildman–Crippen LogP) is -1.14. The summed E-state index contributed by atoms with van der Waals surface area (Å²) in [5.74, 6) is 0. The molecule has 0 saturated carbocycles. The van der Waals surface area contributed by atoms with Crippen molar-refractivity contribution in [2.24, 2.45) is 0 Å². The first kappa shape index (κ1) is 11.9. The first-order chi connectivity index (χ1) is 3.39. The first-order valence-corrected chi connectivity index (χ1v) is 2.32. The summed E-state index contributed by atoms with van der Waals surface area (Å²) in [5, 5.41) is 0. The molecule has 0 amide bonds. The van der Waals surface area contributed by atoms with Crippen molar-refractivity contribution in [2.45, 2.75) is 6.92 Å². The second-order valence-electron chi connectivity index (χ2n) is 1.58. The van der Waals surface area contributed by atoms with Crippen molar-refractivity contribution in [1.82, 2.24) is 0 Å². The molecule has 0 fully saturated rings. The fraction of sp³-hybridized carbons (Fsp3) is 0.143. The van der Waals surface area contributed by atoms with Gasteiger partial charge in [0, 0.05) is 25.9 Å². The third-order valence-corrected chi connectivity index (χ3v) is 0.885. The van der Waals surface area contributed by atoms with Crippen LogP contribution in [0.1, 0.15) is 6.92 Å². The van der Waals surface area contributed by atoms with Gasteiger partial charge in [-0.05, 0) is 19.1 Å². The van der Waals surface area contributed by atoms with Crippen LogP contribution in [0.4, 0.5) is 0 Å². The fourth-order valence-electron chi connectivity index (χ4n) is 0.470. The molecule has 0 aromatic carbocycles. The van der Waals surface area contributed by atoms with Gasteiger partial charge in [0.05, 0.1) is 0 Å². The molecule has 0 nitrogen and oxygen atoms in total. The maximum absolute atomic E-state index is 2.93. The minimum absolute atomic E-state index is 0. The predicted molar refractivity (Wildman–Crippen MR) is 30.7 cm³/mol. The number of rotatable bonds is 0. The van der Waals surface area contributed by atoms with Gasteiger partial charge in [-0.3, -0.25) is 0 Å². The minimum Gasteiger partial charge on any atom is -1.00 e. The van der Waals surface area contributed by atoms with Crippen LogP contribution in [0.25, 0.3) is 0 Å². The van der Waals surface area contributed by atoms with Crippen molar-refractivity contribution in [2.75, 3.05) is 0 Å². The maximum atomic E-state index is 2.93.